The molecule has 1 fully saturated rings. The molecule has 1 amide bonds. The highest BCUT2D eigenvalue weighted by molar-refractivity contribution is 5.93. The van der Waals surface area contributed by atoms with E-state index in [1.165, 1.54) is 5.56 Å². The monoisotopic (exact) mass is 381 g/mol. The summed E-state index contributed by atoms with van der Waals surface area (Å²) in [5.74, 6) is 0.982. The summed E-state index contributed by atoms with van der Waals surface area (Å²) in [6.45, 7) is 12.0. The third kappa shape index (κ3) is 5.81. The molecule has 2 aromatic rings. The SMILES string of the molecule is Cc1cc(C)c(NC(=O)CN2CCN(CCOc3ccccc3)CC2)c(C)c1. The third-order valence-electron chi connectivity index (χ3n) is 5.19. The van der Waals surface area contributed by atoms with Gasteiger partial charge in [-0.25, -0.2) is 0 Å². The first-order valence-electron chi connectivity index (χ1n) is 10.0. The Bertz CT molecular complexity index is 761. The van der Waals surface area contributed by atoms with E-state index in [1.54, 1.807) is 0 Å². The summed E-state index contributed by atoms with van der Waals surface area (Å²) in [5, 5.41) is 3.10. The van der Waals surface area contributed by atoms with Gasteiger partial charge in [0, 0.05) is 38.4 Å². The molecule has 1 saturated heterocycles. The van der Waals surface area contributed by atoms with Crippen LogP contribution in [-0.2, 0) is 4.79 Å². The molecule has 28 heavy (non-hydrogen) atoms. The number of rotatable bonds is 7. The average molecular weight is 382 g/mol. The van der Waals surface area contributed by atoms with E-state index in [0.717, 1.165) is 55.3 Å². The number of aryl methyl sites for hydroxylation is 3. The first-order chi connectivity index (χ1) is 13.5. The van der Waals surface area contributed by atoms with E-state index in [-0.39, 0.29) is 5.91 Å². The zero-order valence-corrected chi connectivity index (χ0v) is 17.2. The number of anilines is 1. The lowest BCUT2D eigenvalue weighted by atomic mass is 10.1. The van der Waals surface area contributed by atoms with Crippen molar-refractivity contribution in [3.8, 4) is 5.75 Å². The molecular weight excluding hydrogens is 350 g/mol. The normalized spacial score (nSPS) is 15.4. The number of ether oxygens (including phenoxy) is 1. The molecule has 2 aromatic carbocycles. The van der Waals surface area contributed by atoms with Crippen molar-refractivity contribution >= 4 is 11.6 Å². The predicted molar refractivity (Wildman–Crippen MR) is 114 cm³/mol. The van der Waals surface area contributed by atoms with Gasteiger partial charge in [0.25, 0.3) is 0 Å². The van der Waals surface area contributed by atoms with Gasteiger partial charge in [-0.15, -0.1) is 0 Å². The van der Waals surface area contributed by atoms with Crippen LogP contribution in [0.4, 0.5) is 5.69 Å². The molecule has 0 bridgehead atoms. The molecule has 0 spiro atoms. The zero-order valence-electron chi connectivity index (χ0n) is 17.2. The Kier molecular flexibility index (Phi) is 7.06. The summed E-state index contributed by atoms with van der Waals surface area (Å²) in [6, 6.07) is 14.1. The molecule has 0 saturated carbocycles. The molecule has 0 aromatic heterocycles. The Morgan fingerprint density at radius 1 is 0.964 bits per heavy atom. The summed E-state index contributed by atoms with van der Waals surface area (Å²) < 4.78 is 5.78. The molecule has 1 heterocycles. The Morgan fingerprint density at radius 3 is 2.21 bits per heavy atom. The first-order valence-corrected chi connectivity index (χ1v) is 10.0. The maximum atomic E-state index is 12.5. The van der Waals surface area contributed by atoms with Crippen LogP contribution in [0.3, 0.4) is 0 Å². The molecule has 0 radical (unpaired) electrons. The van der Waals surface area contributed by atoms with Gasteiger partial charge in [0.05, 0.1) is 6.54 Å². The van der Waals surface area contributed by atoms with Crippen molar-refractivity contribution in [2.45, 2.75) is 20.8 Å². The second-order valence-corrected chi connectivity index (χ2v) is 7.60. The van der Waals surface area contributed by atoms with E-state index >= 15 is 0 Å². The smallest absolute Gasteiger partial charge is 0.238 e. The van der Waals surface area contributed by atoms with E-state index < -0.39 is 0 Å². The van der Waals surface area contributed by atoms with Crippen molar-refractivity contribution in [3.05, 3.63) is 59.2 Å². The van der Waals surface area contributed by atoms with E-state index in [9.17, 15) is 4.79 Å². The molecule has 3 rings (SSSR count). The highest BCUT2D eigenvalue weighted by Gasteiger charge is 2.19. The van der Waals surface area contributed by atoms with Crippen LogP contribution < -0.4 is 10.1 Å². The topological polar surface area (TPSA) is 44.8 Å². The van der Waals surface area contributed by atoms with Crippen molar-refractivity contribution in [1.82, 2.24) is 9.80 Å². The molecule has 1 aliphatic heterocycles. The van der Waals surface area contributed by atoms with Crippen molar-refractivity contribution in [2.24, 2.45) is 0 Å². The van der Waals surface area contributed by atoms with E-state index in [2.05, 4.69) is 34.2 Å². The molecule has 0 atom stereocenters. The summed E-state index contributed by atoms with van der Waals surface area (Å²) >= 11 is 0. The maximum Gasteiger partial charge on any atom is 0.238 e. The average Bonchev–Trinajstić information content (AvgIpc) is 2.67. The lowest BCUT2D eigenvalue weighted by molar-refractivity contribution is -0.117. The highest BCUT2D eigenvalue weighted by Crippen LogP contribution is 2.21. The Labute approximate surface area is 168 Å². The standard InChI is InChI=1S/C23H31N3O2/c1-18-15-19(2)23(20(3)16-18)24-22(27)17-26-11-9-25(10-12-26)13-14-28-21-7-5-4-6-8-21/h4-8,15-16H,9-14,17H2,1-3H3,(H,24,27). The van der Waals surface area contributed by atoms with Gasteiger partial charge in [-0.1, -0.05) is 35.9 Å². The van der Waals surface area contributed by atoms with Crippen LogP contribution in [0, 0.1) is 20.8 Å². The Morgan fingerprint density at radius 2 is 1.57 bits per heavy atom. The van der Waals surface area contributed by atoms with Crippen molar-refractivity contribution in [3.63, 3.8) is 0 Å². The lowest BCUT2D eigenvalue weighted by Gasteiger charge is -2.34. The van der Waals surface area contributed by atoms with Crippen molar-refractivity contribution in [2.75, 3.05) is 51.2 Å². The van der Waals surface area contributed by atoms with Crippen LogP contribution in [-0.4, -0.2) is 61.6 Å². The fourth-order valence-electron chi connectivity index (χ4n) is 3.74. The fourth-order valence-corrected chi connectivity index (χ4v) is 3.74. The number of carbonyl (C=O) groups excluding carboxylic acids is 1. The van der Waals surface area contributed by atoms with Gasteiger partial charge in [0.15, 0.2) is 0 Å². The van der Waals surface area contributed by atoms with Gasteiger partial charge >= 0.3 is 0 Å². The van der Waals surface area contributed by atoms with Crippen molar-refractivity contribution in [1.29, 1.82) is 0 Å². The molecule has 1 N–H and O–H groups in total. The molecular formula is C23H31N3O2. The second kappa shape index (κ2) is 9.71. The zero-order chi connectivity index (χ0) is 19.9. The number of benzene rings is 2. The van der Waals surface area contributed by atoms with Gasteiger partial charge in [-0.05, 0) is 44.0 Å². The summed E-state index contributed by atoms with van der Waals surface area (Å²) in [7, 11) is 0. The summed E-state index contributed by atoms with van der Waals surface area (Å²) in [5.41, 5.74) is 4.41. The second-order valence-electron chi connectivity index (χ2n) is 7.60. The number of carbonyl (C=O) groups is 1. The molecule has 5 nitrogen and oxygen atoms in total. The Balaban J connectivity index is 1.39. The molecule has 1 aliphatic rings. The van der Waals surface area contributed by atoms with Gasteiger partial charge < -0.3 is 10.1 Å². The summed E-state index contributed by atoms with van der Waals surface area (Å²) in [4.78, 5) is 17.1. The molecule has 0 aliphatic carbocycles. The van der Waals surface area contributed by atoms with E-state index in [4.69, 9.17) is 4.74 Å². The fraction of sp³-hybridized carbons (Fsp3) is 0.435. The number of hydrogen-bond acceptors (Lipinski definition) is 4. The third-order valence-corrected chi connectivity index (χ3v) is 5.19. The largest absolute Gasteiger partial charge is 0.492 e. The summed E-state index contributed by atoms with van der Waals surface area (Å²) in [6.07, 6.45) is 0. The molecule has 150 valence electrons. The van der Waals surface area contributed by atoms with E-state index in [0.29, 0.717) is 13.2 Å². The van der Waals surface area contributed by atoms with Gasteiger partial charge in [-0.2, -0.15) is 0 Å². The van der Waals surface area contributed by atoms with Crippen LogP contribution in [0.1, 0.15) is 16.7 Å². The van der Waals surface area contributed by atoms with Crippen LogP contribution in [0.5, 0.6) is 5.75 Å². The number of nitrogens with zero attached hydrogens (tertiary/aromatic N) is 2. The number of nitrogens with one attached hydrogen (secondary N) is 1. The van der Waals surface area contributed by atoms with Crippen LogP contribution in [0.15, 0.2) is 42.5 Å². The molecule has 0 unspecified atom stereocenters. The van der Waals surface area contributed by atoms with Gasteiger partial charge in [0.2, 0.25) is 5.91 Å². The van der Waals surface area contributed by atoms with Crippen LogP contribution in [0.25, 0.3) is 0 Å². The quantitative estimate of drug-likeness (QED) is 0.800. The number of hydrogen-bond donors (Lipinski definition) is 1. The minimum atomic E-state index is 0.0657. The molecule has 5 heteroatoms. The predicted octanol–water partition coefficient (Wildman–Crippen LogP) is 3.25. The minimum Gasteiger partial charge on any atom is -0.492 e. The van der Waals surface area contributed by atoms with E-state index in [1.807, 2.05) is 44.2 Å². The maximum absolute atomic E-state index is 12.5. The Hall–Kier alpha value is -2.37. The number of amides is 1. The minimum absolute atomic E-state index is 0.0657. The van der Waals surface area contributed by atoms with Crippen molar-refractivity contribution < 1.29 is 9.53 Å². The highest BCUT2D eigenvalue weighted by atomic mass is 16.5. The van der Waals surface area contributed by atoms with Gasteiger partial charge in [-0.3, -0.25) is 14.6 Å². The van der Waals surface area contributed by atoms with Gasteiger partial charge in [0.1, 0.15) is 12.4 Å². The first kappa shape index (κ1) is 20.4. The number of piperazine rings is 1. The number of para-hydroxylation sites is 1. The lowest BCUT2D eigenvalue weighted by Crippen LogP contribution is -2.49. The van der Waals surface area contributed by atoms with Crippen LogP contribution >= 0.6 is 0 Å². The van der Waals surface area contributed by atoms with Crippen LogP contribution in [0.2, 0.25) is 0 Å².